The van der Waals surface area contributed by atoms with Crippen molar-refractivity contribution in [1.29, 1.82) is 0 Å². The molecular formula is C7H14N2. The van der Waals surface area contributed by atoms with Crippen molar-refractivity contribution in [3.8, 4) is 0 Å². The van der Waals surface area contributed by atoms with Crippen LogP contribution in [-0.4, -0.2) is 31.6 Å². The van der Waals surface area contributed by atoms with E-state index in [1.165, 1.54) is 12.1 Å². The second-order valence-electron chi connectivity index (χ2n) is 2.52. The van der Waals surface area contributed by atoms with Crippen LogP contribution in [0, 0.1) is 0 Å². The fraction of sp³-hybridized carbons (Fsp3) is 0.714. The lowest BCUT2D eigenvalue weighted by Gasteiger charge is -2.16. The average Bonchev–Trinajstić information content (AvgIpc) is 1.99. The van der Waals surface area contributed by atoms with Crippen LogP contribution in [0.25, 0.3) is 0 Å². The van der Waals surface area contributed by atoms with Crippen molar-refractivity contribution >= 4 is 0 Å². The van der Waals surface area contributed by atoms with Crippen molar-refractivity contribution < 1.29 is 0 Å². The van der Waals surface area contributed by atoms with Gasteiger partial charge in [0.2, 0.25) is 0 Å². The Hall–Kier alpha value is -0.500. The first-order chi connectivity index (χ1) is 4.30. The van der Waals surface area contributed by atoms with E-state index in [0.717, 1.165) is 19.6 Å². The molecule has 0 aromatic rings. The molecule has 0 bridgehead atoms. The minimum atomic E-state index is 0.955. The first kappa shape index (κ1) is 6.62. The van der Waals surface area contributed by atoms with E-state index in [0.29, 0.717) is 0 Å². The summed E-state index contributed by atoms with van der Waals surface area (Å²) in [4.78, 5) is 2.21. The molecule has 1 aliphatic heterocycles. The molecule has 0 aromatic carbocycles. The van der Waals surface area contributed by atoms with Crippen LogP contribution in [0.3, 0.4) is 0 Å². The van der Waals surface area contributed by atoms with Crippen LogP contribution >= 0.6 is 0 Å². The van der Waals surface area contributed by atoms with Gasteiger partial charge < -0.3 is 10.2 Å². The minimum absolute atomic E-state index is 0.955. The summed E-state index contributed by atoms with van der Waals surface area (Å²) in [6, 6.07) is 0. The van der Waals surface area contributed by atoms with Crippen LogP contribution in [0.2, 0.25) is 0 Å². The number of rotatable bonds is 0. The van der Waals surface area contributed by atoms with Crippen molar-refractivity contribution in [2.45, 2.75) is 6.42 Å². The van der Waals surface area contributed by atoms with Gasteiger partial charge in [-0.1, -0.05) is 6.58 Å². The normalized spacial score (nSPS) is 21.9. The van der Waals surface area contributed by atoms with Gasteiger partial charge in [0.05, 0.1) is 0 Å². The first-order valence-electron chi connectivity index (χ1n) is 3.40. The van der Waals surface area contributed by atoms with Crippen molar-refractivity contribution in [3.63, 3.8) is 0 Å². The third-order valence-corrected chi connectivity index (χ3v) is 1.72. The molecular weight excluding hydrogens is 112 g/mol. The number of hydrogen-bond acceptors (Lipinski definition) is 2. The monoisotopic (exact) mass is 126 g/mol. The standard InChI is InChI=1S/C7H14N2/c1-7-6-8-4-3-5-9(7)2/h8H,1,3-6H2,2H3. The van der Waals surface area contributed by atoms with Gasteiger partial charge in [-0.2, -0.15) is 0 Å². The summed E-state index contributed by atoms with van der Waals surface area (Å²) >= 11 is 0. The number of likely N-dealkylation sites (N-methyl/N-ethyl adjacent to an activating group) is 1. The van der Waals surface area contributed by atoms with Crippen LogP contribution < -0.4 is 5.32 Å². The second-order valence-corrected chi connectivity index (χ2v) is 2.52. The van der Waals surface area contributed by atoms with Gasteiger partial charge in [-0.05, 0) is 13.0 Å². The summed E-state index contributed by atoms with van der Waals surface area (Å²) in [6.07, 6.45) is 1.23. The lowest BCUT2D eigenvalue weighted by atomic mass is 10.4. The summed E-state index contributed by atoms with van der Waals surface area (Å²) in [5.41, 5.74) is 1.20. The zero-order valence-electron chi connectivity index (χ0n) is 5.98. The Morgan fingerprint density at radius 1 is 1.67 bits per heavy atom. The largest absolute Gasteiger partial charge is 0.377 e. The van der Waals surface area contributed by atoms with Crippen molar-refractivity contribution in [2.24, 2.45) is 0 Å². The maximum atomic E-state index is 3.92. The van der Waals surface area contributed by atoms with E-state index in [2.05, 4.69) is 23.8 Å². The van der Waals surface area contributed by atoms with Crippen molar-refractivity contribution in [2.75, 3.05) is 26.7 Å². The van der Waals surface area contributed by atoms with E-state index in [1.807, 2.05) is 0 Å². The quantitative estimate of drug-likeness (QED) is 0.506. The van der Waals surface area contributed by atoms with Gasteiger partial charge in [0, 0.05) is 25.8 Å². The fourth-order valence-corrected chi connectivity index (χ4v) is 0.967. The summed E-state index contributed by atoms with van der Waals surface area (Å²) in [7, 11) is 2.09. The summed E-state index contributed by atoms with van der Waals surface area (Å²) in [5.74, 6) is 0. The molecule has 1 heterocycles. The molecule has 1 fully saturated rings. The molecule has 0 aliphatic carbocycles. The number of hydrogen-bond donors (Lipinski definition) is 1. The highest BCUT2D eigenvalue weighted by molar-refractivity contribution is 4.96. The van der Waals surface area contributed by atoms with Crippen LogP contribution in [0.5, 0.6) is 0 Å². The molecule has 52 valence electrons. The van der Waals surface area contributed by atoms with E-state index in [-0.39, 0.29) is 0 Å². The van der Waals surface area contributed by atoms with Crippen molar-refractivity contribution in [1.82, 2.24) is 10.2 Å². The maximum absolute atomic E-state index is 3.92. The Morgan fingerprint density at radius 2 is 2.44 bits per heavy atom. The number of nitrogens with one attached hydrogen (secondary N) is 1. The maximum Gasteiger partial charge on any atom is 0.0349 e. The van der Waals surface area contributed by atoms with E-state index in [9.17, 15) is 0 Å². The van der Waals surface area contributed by atoms with Gasteiger partial charge in [0.1, 0.15) is 0 Å². The smallest absolute Gasteiger partial charge is 0.0349 e. The SMILES string of the molecule is C=C1CNCCCN1C. The Bertz CT molecular complexity index is 109. The Labute approximate surface area is 56.5 Å². The number of nitrogens with zero attached hydrogens (tertiary/aromatic N) is 1. The molecule has 0 amide bonds. The second kappa shape index (κ2) is 2.87. The topological polar surface area (TPSA) is 15.3 Å². The van der Waals surface area contributed by atoms with E-state index in [1.54, 1.807) is 0 Å². The van der Waals surface area contributed by atoms with Crippen LogP contribution in [0.4, 0.5) is 0 Å². The van der Waals surface area contributed by atoms with Gasteiger partial charge in [-0.3, -0.25) is 0 Å². The molecule has 2 heteroatoms. The third kappa shape index (κ3) is 1.72. The van der Waals surface area contributed by atoms with Gasteiger partial charge in [0.15, 0.2) is 0 Å². The molecule has 0 atom stereocenters. The minimum Gasteiger partial charge on any atom is -0.377 e. The summed E-state index contributed by atoms with van der Waals surface area (Å²) < 4.78 is 0. The average molecular weight is 126 g/mol. The van der Waals surface area contributed by atoms with Gasteiger partial charge in [0.25, 0.3) is 0 Å². The highest BCUT2D eigenvalue weighted by Gasteiger charge is 2.04. The zero-order chi connectivity index (χ0) is 6.69. The lowest BCUT2D eigenvalue weighted by molar-refractivity contribution is 0.427. The van der Waals surface area contributed by atoms with E-state index in [4.69, 9.17) is 0 Å². The molecule has 0 unspecified atom stereocenters. The molecule has 1 aliphatic rings. The van der Waals surface area contributed by atoms with Gasteiger partial charge >= 0.3 is 0 Å². The Morgan fingerprint density at radius 3 is 3.22 bits per heavy atom. The predicted octanol–water partition coefficient (Wildman–Crippen LogP) is 0.425. The van der Waals surface area contributed by atoms with Crippen LogP contribution in [0.15, 0.2) is 12.3 Å². The summed E-state index contributed by atoms with van der Waals surface area (Å²) in [5, 5.41) is 3.29. The zero-order valence-corrected chi connectivity index (χ0v) is 5.98. The molecule has 1 rings (SSSR count). The Balaban J connectivity index is 2.41. The Kier molecular flexibility index (Phi) is 2.11. The highest BCUT2D eigenvalue weighted by atomic mass is 15.1. The van der Waals surface area contributed by atoms with Gasteiger partial charge in [-0.25, -0.2) is 0 Å². The fourth-order valence-electron chi connectivity index (χ4n) is 0.967. The first-order valence-corrected chi connectivity index (χ1v) is 3.40. The molecule has 9 heavy (non-hydrogen) atoms. The molecule has 0 aromatic heterocycles. The van der Waals surface area contributed by atoms with Gasteiger partial charge in [-0.15, -0.1) is 0 Å². The van der Waals surface area contributed by atoms with Crippen molar-refractivity contribution in [3.05, 3.63) is 12.3 Å². The molecule has 2 nitrogen and oxygen atoms in total. The molecule has 0 spiro atoms. The van der Waals surface area contributed by atoms with E-state index >= 15 is 0 Å². The molecule has 1 N–H and O–H groups in total. The van der Waals surface area contributed by atoms with Crippen LogP contribution in [0.1, 0.15) is 6.42 Å². The predicted molar refractivity (Wildman–Crippen MR) is 39.3 cm³/mol. The van der Waals surface area contributed by atoms with Crippen LogP contribution in [-0.2, 0) is 0 Å². The summed E-state index contributed by atoms with van der Waals surface area (Å²) in [6.45, 7) is 7.15. The highest BCUT2D eigenvalue weighted by Crippen LogP contribution is 2.00. The third-order valence-electron chi connectivity index (χ3n) is 1.72. The molecule has 1 saturated heterocycles. The molecule has 0 saturated carbocycles. The lowest BCUT2D eigenvalue weighted by Crippen LogP contribution is -2.20. The molecule has 0 radical (unpaired) electrons. The van der Waals surface area contributed by atoms with E-state index < -0.39 is 0 Å².